The summed E-state index contributed by atoms with van der Waals surface area (Å²) in [6.07, 6.45) is 14.8. The molecule has 0 aliphatic heterocycles. The molecule has 1 aromatic heterocycles. The zero-order valence-corrected chi connectivity index (χ0v) is 13.5. The zero-order valence-electron chi connectivity index (χ0n) is 13.5. The summed E-state index contributed by atoms with van der Waals surface area (Å²) in [6, 6.07) is 4.66. The predicted octanol–water partition coefficient (Wildman–Crippen LogP) is 4.08. The maximum absolute atomic E-state index is 5.85. The standard InChI is InChI=1S/C18H31N3/c1-2-3-4-5-6-7-13-17(21-19)16-12-8-10-15-11-9-14-20-18(15)16/h9,11,14,16-17,21H,2-8,10,12-13,19H2,1H3. The van der Waals surface area contributed by atoms with Crippen molar-refractivity contribution in [1.29, 1.82) is 0 Å². The second-order valence-electron chi connectivity index (χ2n) is 6.38. The molecule has 0 bridgehead atoms. The van der Waals surface area contributed by atoms with Gasteiger partial charge in [-0.25, -0.2) is 0 Å². The molecular weight excluding hydrogens is 258 g/mol. The summed E-state index contributed by atoms with van der Waals surface area (Å²) in [5, 5.41) is 0. The van der Waals surface area contributed by atoms with E-state index in [4.69, 9.17) is 5.84 Å². The number of rotatable bonds is 9. The maximum Gasteiger partial charge on any atom is 0.0482 e. The molecule has 0 saturated carbocycles. The smallest absolute Gasteiger partial charge is 0.0482 e. The first-order valence-corrected chi connectivity index (χ1v) is 8.76. The zero-order chi connectivity index (χ0) is 14.9. The van der Waals surface area contributed by atoms with Gasteiger partial charge in [-0.1, -0.05) is 51.5 Å². The van der Waals surface area contributed by atoms with Crippen LogP contribution in [0.2, 0.25) is 0 Å². The van der Waals surface area contributed by atoms with Gasteiger partial charge in [-0.15, -0.1) is 0 Å². The number of aromatic nitrogens is 1. The largest absolute Gasteiger partial charge is 0.271 e. The van der Waals surface area contributed by atoms with Crippen molar-refractivity contribution in [2.75, 3.05) is 0 Å². The van der Waals surface area contributed by atoms with E-state index in [9.17, 15) is 0 Å². The summed E-state index contributed by atoms with van der Waals surface area (Å²) < 4.78 is 0. The number of hydrogen-bond acceptors (Lipinski definition) is 3. The molecule has 0 saturated heterocycles. The first kappa shape index (κ1) is 16.4. The highest BCUT2D eigenvalue weighted by atomic mass is 15.2. The average Bonchev–Trinajstić information content (AvgIpc) is 2.54. The van der Waals surface area contributed by atoms with Crippen molar-refractivity contribution in [2.45, 2.75) is 83.1 Å². The molecule has 1 aliphatic rings. The molecule has 0 amide bonds. The lowest BCUT2D eigenvalue weighted by Crippen LogP contribution is -2.41. The van der Waals surface area contributed by atoms with Crippen LogP contribution in [0.5, 0.6) is 0 Å². The quantitative estimate of drug-likeness (QED) is 0.409. The van der Waals surface area contributed by atoms with Gasteiger partial charge in [0.25, 0.3) is 0 Å². The summed E-state index contributed by atoms with van der Waals surface area (Å²) in [7, 11) is 0. The Bertz CT molecular complexity index is 405. The second kappa shape index (κ2) is 9.16. The molecule has 1 aliphatic carbocycles. The highest BCUT2D eigenvalue weighted by Crippen LogP contribution is 2.33. The van der Waals surface area contributed by atoms with Crippen molar-refractivity contribution >= 4 is 0 Å². The lowest BCUT2D eigenvalue weighted by molar-refractivity contribution is 0.360. The van der Waals surface area contributed by atoms with Crippen LogP contribution in [-0.2, 0) is 6.42 Å². The van der Waals surface area contributed by atoms with Crippen LogP contribution < -0.4 is 11.3 Å². The molecule has 2 unspecified atom stereocenters. The van der Waals surface area contributed by atoms with E-state index in [0.717, 1.165) is 0 Å². The topological polar surface area (TPSA) is 50.9 Å². The van der Waals surface area contributed by atoms with E-state index in [1.54, 1.807) is 0 Å². The van der Waals surface area contributed by atoms with E-state index in [-0.39, 0.29) is 0 Å². The van der Waals surface area contributed by atoms with Crippen molar-refractivity contribution in [1.82, 2.24) is 10.4 Å². The van der Waals surface area contributed by atoms with Crippen molar-refractivity contribution in [3.05, 3.63) is 29.6 Å². The first-order valence-electron chi connectivity index (χ1n) is 8.76. The van der Waals surface area contributed by atoms with Gasteiger partial charge in [0, 0.05) is 23.9 Å². The van der Waals surface area contributed by atoms with Gasteiger partial charge in [0.05, 0.1) is 0 Å². The van der Waals surface area contributed by atoms with Crippen LogP contribution >= 0.6 is 0 Å². The Labute approximate surface area is 129 Å². The SMILES string of the molecule is CCCCCCCCC(NN)C1CCCc2cccnc21. The van der Waals surface area contributed by atoms with Crippen molar-refractivity contribution in [3.63, 3.8) is 0 Å². The van der Waals surface area contributed by atoms with Gasteiger partial charge in [0.15, 0.2) is 0 Å². The van der Waals surface area contributed by atoms with Gasteiger partial charge in [-0.2, -0.15) is 0 Å². The fourth-order valence-electron chi connectivity index (χ4n) is 3.58. The Morgan fingerprint density at radius 1 is 1.29 bits per heavy atom. The average molecular weight is 289 g/mol. The Hall–Kier alpha value is -0.930. The van der Waals surface area contributed by atoms with E-state index in [2.05, 4.69) is 29.5 Å². The van der Waals surface area contributed by atoms with Crippen molar-refractivity contribution < 1.29 is 0 Å². The summed E-state index contributed by atoms with van der Waals surface area (Å²) in [6.45, 7) is 2.27. The van der Waals surface area contributed by atoms with E-state index in [0.29, 0.717) is 12.0 Å². The lowest BCUT2D eigenvalue weighted by atomic mass is 9.80. The highest BCUT2D eigenvalue weighted by molar-refractivity contribution is 5.27. The molecule has 0 fully saturated rings. The summed E-state index contributed by atoms with van der Waals surface area (Å²) in [5.74, 6) is 6.34. The van der Waals surface area contributed by atoms with Gasteiger partial charge in [-0.05, 0) is 37.3 Å². The number of hydrogen-bond donors (Lipinski definition) is 2. The number of hydrazine groups is 1. The molecule has 2 atom stereocenters. The molecule has 21 heavy (non-hydrogen) atoms. The third-order valence-corrected chi connectivity index (χ3v) is 4.81. The predicted molar refractivity (Wildman–Crippen MR) is 89.0 cm³/mol. The van der Waals surface area contributed by atoms with Crippen LogP contribution in [0.25, 0.3) is 0 Å². The van der Waals surface area contributed by atoms with E-state index < -0.39 is 0 Å². The fourth-order valence-corrected chi connectivity index (χ4v) is 3.58. The third kappa shape index (κ3) is 4.79. The van der Waals surface area contributed by atoms with E-state index in [1.165, 1.54) is 75.5 Å². The summed E-state index contributed by atoms with van der Waals surface area (Å²) in [4.78, 5) is 4.64. The third-order valence-electron chi connectivity index (χ3n) is 4.81. The van der Waals surface area contributed by atoms with Gasteiger partial charge in [0.2, 0.25) is 0 Å². The number of fused-ring (bicyclic) bond motifs is 1. The number of nitrogens with two attached hydrogens (primary N) is 1. The molecule has 118 valence electrons. The number of nitrogens with one attached hydrogen (secondary N) is 1. The van der Waals surface area contributed by atoms with Gasteiger partial charge >= 0.3 is 0 Å². The van der Waals surface area contributed by atoms with Crippen LogP contribution in [-0.4, -0.2) is 11.0 Å². The normalized spacial score (nSPS) is 19.2. The maximum atomic E-state index is 5.85. The molecule has 1 heterocycles. The first-order chi connectivity index (χ1) is 10.4. The van der Waals surface area contributed by atoms with E-state index in [1.807, 2.05) is 6.20 Å². The number of unbranched alkanes of at least 4 members (excludes halogenated alkanes) is 5. The van der Waals surface area contributed by atoms with Crippen LogP contribution in [0.1, 0.15) is 81.9 Å². The van der Waals surface area contributed by atoms with Gasteiger partial charge in [-0.3, -0.25) is 16.3 Å². The second-order valence-corrected chi connectivity index (χ2v) is 6.38. The van der Waals surface area contributed by atoms with Gasteiger partial charge in [0.1, 0.15) is 0 Å². The molecule has 0 aromatic carbocycles. The Balaban J connectivity index is 1.84. The molecule has 0 radical (unpaired) electrons. The minimum absolute atomic E-state index is 0.380. The minimum atomic E-state index is 0.380. The molecular formula is C18H31N3. The van der Waals surface area contributed by atoms with Crippen LogP contribution in [0.3, 0.4) is 0 Å². The Kier molecular flexibility index (Phi) is 7.17. The van der Waals surface area contributed by atoms with Crippen LogP contribution in [0.15, 0.2) is 18.3 Å². The van der Waals surface area contributed by atoms with Gasteiger partial charge < -0.3 is 0 Å². The molecule has 3 heteroatoms. The number of nitrogens with zero attached hydrogens (tertiary/aromatic N) is 1. The summed E-state index contributed by atoms with van der Waals surface area (Å²) in [5.41, 5.74) is 5.79. The Morgan fingerprint density at radius 2 is 2.10 bits per heavy atom. The van der Waals surface area contributed by atoms with Crippen molar-refractivity contribution in [3.8, 4) is 0 Å². The molecule has 1 aromatic rings. The lowest BCUT2D eigenvalue weighted by Gasteiger charge is -2.31. The fraction of sp³-hybridized carbons (Fsp3) is 0.722. The molecule has 0 spiro atoms. The van der Waals surface area contributed by atoms with Crippen LogP contribution in [0, 0.1) is 0 Å². The Morgan fingerprint density at radius 3 is 2.90 bits per heavy atom. The molecule has 3 nitrogen and oxygen atoms in total. The number of pyridine rings is 1. The molecule has 3 N–H and O–H groups in total. The monoisotopic (exact) mass is 289 g/mol. The van der Waals surface area contributed by atoms with Crippen molar-refractivity contribution in [2.24, 2.45) is 5.84 Å². The van der Waals surface area contributed by atoms with E-state index >= 15 is 0 Å². The molecule has 2 rings (SSSR count). The number of aryl methyl sites for hydroxylation is 1. The minimum Gasteiger partial charge on any atom is -0.271 e. The highest BCUT2D eigenvalue weighted by Gasteiger charge is 2.27. The van der Waals surface area contributed by atoms with Crippen LogP contribution in [0.4, 0.5) is 0 Å². The summed E-state index contributed by atoms with van der Waals surface area (Å²) >= 11 is 0.